The van der Waals surface area contributed by atoms with Gasteiger partial charge in [0.05, 0.1) is 10.3 Å². The van der Waals surface area contributed by atoms with Gasteiger partial charge in [-0.3, -0.25) is 9.59 Å². The van der Waals surface area contributed by atoms with Crippen LogP contribution in [0.5, 0.6) is 0 Å². The summed E-state index contributed by atoms with van der Waals surface area (Å²) in [5.74, 6) is -0.835. The number of benzene rings is 1. The Morgan fingerprint density at radius 2 is 1.85 bits per heavy atom. The number of sulfonamides is 1. The number of hydrogen-bond donors (Lipinski definition) is 1. The lowest BCUT2D eigenvalue weighted by molar-refractivity contribution is -0.147. The first-order valence-corrected chi connectivity index (χ1v) is 10.7. The van der Waals surface area contributed by atoms with Gasteiger partial charge in [0.25, 0.3) is 5.91 Å². The van der Waals surface area contributed by atoms with Crippen molar-refractivity contribution in [3.05, 3.63) is 29.8 Å². The van der Waals surface area contributed by atoms with E-state index in [4.69, 9.17) is 0 Å². The average molecular weight is 394 g/mol. The van der Waals surface area contributed by atoms with Crippen LogP contribution in [0.4, 0.5) is 0 Å². The van der Waals surface area contributed by atoms with E-state index in [1.807, 2.05) is 6.92 Å². The second-order valence-electron chi connectivity index (χ2n) is 7.98. The Bertz CT molecular complexity index is 836. The number of amides is 1. The highest BCUT2D eigenvalue weighted by molar-refractivity contribution is 7.89. The third kappa shape index (κ3) is 3.87. The van der Waals surface area contributed by atoms with Gasteiger partial charge in [-0.15, -0.1) is 0 Å². The molecule has 2 aliphatic heterocycles. The molecule has 1 aromatic rings. The molecule has 3 rings (SSSR count). The number of hydrogen-bond acceptors (Lipinski definition) is 4. The zero-order valence-electron chi connectivity index (χ0n) is 15.7. The Morgan fingerprint density at radius 3 is 2.41 bits per heavy atom. The Labute approximate surface area is 160 Å². The zero-order chi connectivity index (χ0) is 19.8. The second-order valence-corrected chi connectivity index (χ2v) is 9.92. The van der Waals surface area contributed by atoms with E-state index < -0.39 is 21.4 Å². The third-order valence-corrected chi connectivity index (χ3v) is 7.52. The molecule has 1 N–H and O–H groups in total. The topological polar surface area (TPSA) is 95.0 Å². The number of nitrogens with zero attached hydrogens (tertiary/aromatic N) is 2. The van der Waals surface area contributed by atoms with Crippen LogP contribution in [0.1, 0.15) is 43.5 Å². The third-order valence-electron chi connectivity index (χ3n) is 5.64. The van der Waals surface area contributed by atoms with Crippen molar-refractivity contribution in [2.45, 2.75) is 38.0 Å². The highest BCUT2D eigenvalue weighted by atomic mass is 32.2. The van der Waals surface area contributed by atoms with Gasteiger partial charge < -0.3 is 10.0 Å². The van der Waals surface area contributed by atoms with Crippen molar-refractivity contribution < 1.29 is 23.1 Å². The number of carbonyl (C=O) groups is 2. The molecule has 2 aliphatic rings. The molecule has 0 aromatic heterocycles. The number of rotatable bonds is 4. The quantitative estimate of drug-likeness (QED) is 0.843. The molecule has 0 bridgehead atoms. The maximum Gasteiger partial charge on any atom is 0.311 e. The molecule has 2 atom stereocenters. The molecule has 2 saturated heterocycles. The minimum absolute atomic E-state index is 0.160. The summed E-state index contributed by atoms with van der Waals surface area (Å²) in [7, 11) is -3.56. The largest absolute Gasteiger partial charge is 0.481 e. The summed E-state index contributed by atoms with van der Waals surface area (Å²) >= 11 is 0. The Kier molecular flexibility index (Phi) is 5.31. The van der Waals surface area contributed by atoms with Crippen molar-refractivity contribution in [2.24, 2.45) is 11.3 Å². The number of carboxylic acid groups (broad SMARTS) is 1. The summed E-state index contributed by atoms with van der Waals surface area (Å²) in [4.78, 5) is 25.7. The molecule has 148 valence electrons. The number of piperidine rings is 1. The summed E-state index contributed by atoms with van der Waals surface area (Å²) in [6, 6.07) is 5.96. The molecule has 1 aromatic carbocycles. The van der Waals surface area contributed by atoms with Crippen molar-refractivity contribution in [3.8, 4) is 0 Å². The molecular weight excluding hydrogens is 368 g/mol. The molecule has 0 spiro atoms. The molecule has 1 amide bonds. The van der Waals surface area contributed by atoms with E-state index in [0.717, 1.165) is 12.8 Å². The lowest BCUT2D eigenvalue weighted by Crippen LogP contribution is -2.39. The molecule has 0 radical (unpaired) electrons. The highest BCUT2D eigenvalue weighted by Crippen LogP contribution is 2.31. The predicted molar refractivity (Wildman–Crippen MR) is 99.9 cm³/mol. The van der Waals surface area contributed by atoms with Gasteiger partial charge in [-0.25, -0.2) is 8.42 Å². The molecule has 2 unspecified atom stereocenters. The van der Waals surface area contributed by atoms with Gasteiger partial charge in [-0.05, 0) is 56.4 Å². The highest BCUT2D eigenvalue weighted by Gasteiger charge is 2.42. The number of likely N-dealkylation sites (tertiary alicyclic amines) is 1. The van der Waals surface area contributed by atoms with Crippen LogP contribution in [0.3, 0.4) is 0 Å². The predicted octanol–water partition coefficient (Wildman–Crippen LogP) is 2.04. The standard InChI is InChI=1S/C19H26N2O5S/c1-14-4-3-10-21(12-14)27(25,26)16-7-5-15(6-8-16)17(22)20-11-9-19(2,13-20)18(23)24/h5-8,14H,3-4,9-13H2,1-2H3,(H,23,24). The first-order valence-electron chi connectivity index (χ1n) is 9.26. The van der Waals surface area contributed by atoms with Gasteiger partial charge in [0.15, 0.2) is 0 Å². The molecule has 27 heavy (non-hydrogen) atoms. The van der Waals surface area contributed by atoms with Crippen LogP contribution in [-0.2, 0) is 14.8 Å². The van der Waals surface area contributed by atoms with Gasteiger partial charge >= 0.3 is 5.97 Å². The lowest BCUT2D eigenvalue weighted by Gasteiger charge is -2.30. The number of carboxylic acids is 1. The van der Waals surface area contributed by atoms with Gasteiger partial charge in [-0.2, -0.15) is 4.31 Å². The molecule has 8 heteroatoms. The van der Waals surface area contributed by atoms with Crippen molar-refractivity contribution in [1.29, 1.82) is 0 Å². The number of aliphatic carboxylic acids is 1. The maximum atomic E-state index is 12.8. The van der Waals surface area contributed by atoms with Crippen molar-refractivity contribution in [2.75, 3.05) is 26.2 Å². The second kappa shape index (κ2) is 7.24. The molecule has 0 saturated carbocycles. The van der Waals surface area contributed by atoms with Crippen LogP contribution in [-0.4, -0.2) is 60.8 Å². The Morgan fingerprint density at radius 1 is 1.19 bits per heavy atom. The van der Waals surface area contributed by atoms with E-state index in [1.54, 1.807) is 6.92 Å². The van der Waals surface area contributed by atoms with Crippen LogP contribution >= 0.6 is 0 Å². The van der Waals surface area contributed by atoms with Crippen molar-refractivity contribution >= 4 is 21.9 Å². The van der Waals surface area contributed by atoms with Crippen LogP contribution in [0.25, 0.3) is 0 Å². The minimum Gasteiger partial charge on any atom is -0.481 e. The summed E-state index contributed by atoms with van der Waals surface area (Å²) in [6.45, 7) is 5.27. The van der Waals surface area contributed by atoms with E-state index in [2.05, 4.69) is 0 Å². The first kappa shape index (κ1) is 19.8. The fraction of sp³-hybridized carbons (Fsp3) is 0.579. The SMILES string of the molecule is CC1CCCN(S(=O)(=O)c2ccc(C(=O)N3CCC(C)(C(=O)O)C3)cc2)C1. The van der Waals surface area contributed by atoms with E-state index >= 15 is 0 Å². The van der Waals surface area contributed by atoms with Crippen LogP contribution in [0.2, 0.25) is 0 Å². The fourth-order valence-corrected chi connectivity index (χ4v) is 5.37. The van der Waals surface area contributed by atoms with Crippen LogP contribution in [0.15, 0.2) is 29.2 Å². The van der Waals surface area contributed by atoms with Gasteiger partial charge in [0.2, 0.25) is 10.0 Å². The van der Waals surface area contributed by atoms with Crippen molar-refractivity contribution in [1.82, 2.24) is 9.21 Å². The van der Waals surface area contributed by atoms with E-state index in [1.165, 1.54) is 33.5 Å². The summed E-state index contributed by atoms with van der Waals surface area (Å²) in [6.07, 6.45) is 2.30. The maximum absolute atomic E-state index is 12.8. The summed E-state index contributed by atoms with van der Waals surface area (Å²) in [5, 5.41) is 9.30. The lowest BCUT2D eigenvalue weighted by atomic mass is 9.90. The van der Waals surface area contributed by atoms with Gasteiger partial charge in [-0.1, -0.05) is 6.92 Å². The summed E-state index contributed by atoms with van der Waals surface area (Å²) in [5.41, 5.74) is -0.556. The average Bonchev–Trinajstić information content (AvgIpc) is 3.05. The fourth-order valence-electron chi connectivity index (χ4n) is 3.77. The smallest absolute Gasteiger partial charge is 0.311 e. The molecule has 2 fully saturated rings. The van der Waals surface area contributed by atoms with E-state index in [0.29, 0.717) is 37.5 Å². The minimum atomic E-state index is -3.56. The molecular formula is C19H26N2O5S. The van der Waals surface area contributed by atoms with Crippen LogP contribution in [0, 0.1) is 11.3 Å². The first-order chi connectivity index (χ1) is 12.6. The molecule has 0 aliphatic carbocycles. The van der Waals surface area contributed by atoms with Gasteiger partial charge in [0, 0.05) is 31.7 Å². The Balaban J connectivity index is 1.74. The van der Waals surface area contributed by atoms with Gasteiger partial charge in [0.1, 0.15) is 0 Å². The Hall–Kier alpha value is -1.93. The molecule has 7 nitrogen and oxygen atoms in total. The number of carbonyl (C=O) groups excluding carboxylic acids is 1. The summed E-state index contributed by atoms with van der Waals surface area (Å²) < 4.78 is 27.1. The van der Waals surface area contributed by atoms with E-state index in [9.17, 15) is 23.1 Å². The van der Waals surface area contributed by atoms with Crippen LogP contribution < -0.4 is 0 Å². The normalized spacial score (nSPS) is 26.9. The van der Waals surface area contributed by atoms with E-state index in [-0.39, 0.29) is 17.3 Å². The monoisotopic (exact) mass is 394 g/mol. The van der Waals surface area contributed by atoms with Crippen molar-refractivity contribution in [3.63, 3.8) is 0 Å². The molecule has 2 heterocycles. The zero-order valence-corrected chi connectivity index (χ0v) is 16.5.